The van der Waals surface area contributed by atoms with Crippen LogP contribution < -0.4 is 0 Å². The molecule has 0 spiro atoms. The largest absolute Gasteiger partial charge is 0.465 e. The number of amides is 1. The van der Waals surface area contributed by atoms with Crippen molar-refractivity contribution in [3.8, 4) is 0 Å². The quantitative estimate of drug-likeness (QED) is 0.757. The number of halogens is 1. The summed E-state index contributed by atoms with van der Waals surface area (Å²) < 4.78 is 4.97. The number of aromatic nitrogens is 2. The second-order valence-corrected chi connectivity index (χ2v) is 4.54. The molecule has 17 heavy (non-hydrogen) atoms. The van der Waals surface area contributed by atoms with E-state index in [1.807, 2.05) is 0 Å². The molecule has 0 fully saturated rings. The van der Waals surface area contributed by atoms with E-state index in [0.717, 1.165) is 11.3 Å². The van der Waals surface area contributed by atoms with Crippen molar-refractivity contribution < 1.29 is 14.3 Å². The van der Waals surface area contributed by atoms with Gasteiger partial charge in [-0.15, -0.1) is 10.2 Å². The molecule has 1 amide bonds. The van der Waals surface area contributed by atoms with Gasteiger partial charge in [-0.05, 0) is 25.4 Å². The zero-order valence-corrected chi connectivity index (χ0v) is 11.0. The average molecular weight is 278 g/mol. The minimum Gasteiger partial charge on any atom is -0.465 e. The van der Waals surface area contributed by atoms with Crippen molar-refractivity contribution in [3.05, 3.63) is 9.47 Å². The fourth-order valence-electron chi connectivity index (χ4n) is 1.12. The van der Waals surface area contributed by atoms with Crippen molar-refractivity contribution in [3.63, 3.8) is 0 Å². The van der Waals surface area contributed by atoms with Crippen LogP contribution in [0.5, 0.6) is 0 Å². The molecule has 0 aliphatic heterocycles. The molecule has 0 unspecified atom stereocenters. The molecule has 0 atom stereocenters. The van der Waals surface area contributed by atoms with Gasteiger partial charge in [-0.3, -0.25) is 9.59 Å². The Balaban J connectivity index is 2.67. The maximum atomic E-state index is 11.9. The Kier molecular flexibility index (Phi) is 5.30. The normalized spacial score (nSPS) is 10.1. The van der Waals surface area contributed by atoms with Gasteiger partial charge in [0.2, 0.25) is 9.47 Å². The fourth-order valence-corrected chi connectivity index (χ4v) is 1.91. The van der Waals surface area contributed by atoms with E-state index in [9.17, 15) is 9.59 Å². The van der Waals surface area contributed by atoms with Gasteiger partial charge in [-0.25, -0.2) is 0 Å². The summed E-state index contributed by atoms with van der Waals surface area (Å²) in [4.78, 5) is 24.5. The molecular weight excluding hydrogens is 266 g/mol. The van der Waals surface area contributed by atoms with E-state index in [4.69, 9.17) is 16.3 Å². The highest BCUT2D eigenvalue weighted by Gasteiger charge is 2.21. The predicted octanol–water partition coefficient (Wildman–Crippen LogP) is 1.22. The summed E-state index contributed by atoms with van der Waals surface area (Å²) in [7, 11) is 0. The molecule has 1 heterocycles. The molecule has 0 bridgehead atoms. The maximum absolute atomic E-state index is 11.9. The number of carbonyl (C=O) groups excluding carboxylic acids is 2. The van der Waals surface area contributed by atoms with Gasteiger partial charge in [-0.2, -0.15) is 0 Å². The number of carbonyl (C=O) groups is 2. The molecular formula is C9H12ClN3O3S. The van der Waals surface area contributed by atoms with Crippen molar-refractivity contribution in [1.29, 1.82) is 0 Å². The number of hydrogen-bond donors (Lipinski definition) is 0. The van der Waals surface area contributed by atoms with Crippen LogP contribution in [0.2, 0.25) is 4.47 Å². The third-order valence-electron chi connectivity index (χ3n) is 1.88. The lowest BCUT2D eigenvalue weighted by atomic mass is 10.4. The predicted molar refractivity (Wildman–Crippen MR) is 63.1 cm³/mol. The first-order chi connectivity index (χ1) is 8.08. The van der Waals surface area contributed by atoms with E-state index in [2.05, 4.69) is 10.2 Å². The van der Waals surface area contributed by atoms with Gasteiger partial charge in [0.05, 0.1) is 6.61 Å². The zero-order chi connectivity index (χ0) is 12.8. The third-order valence-corrected chi connectivity index (χ3v) is 2.88. The lowest BCUT2D eigenvalue weighted by Gasteiger charge is -2.17. The zero-order valence-electron chi connectivity index (χ0n) is 9.47. The molecule has 0 aromatic carbocycles. The molecule has 1 aromatic rings. The summed E-state index contributed by atoms with van der Waals surface area (Å²) in [5.41, 5.74) is 0. The second kappa shape index (κ2) is 6.51. The van der Waals surface area contributed by atoms with Gasteiger partial charge in [0.15, 0.2) is 0 Å². The van der Waals surface area contributed by atoms with Crippen molar-refractivity contribution >= 4 is 34.8 Å². The highest BCUT2D eigenvalue weighted by atomic mass is 35.5. The first kappa shape index (κ1) is 13.9. The van der Waals surface area contributed by atoms with Gasteiger partial charge in [0, 0.05) is 6.54 Å². The first-order valence-electron chi connectivity index (χ1n) is 5.02. The lowest BCUT2D eigenvalue weighted by Crippen LogP contribution is -2.36. The fraction of sp³-hybridized carbons (Fsp3) is 0.556. The number of nitrogens with zero attached hydrogens (tertiary/aromatic N) is 3. The topological polar surface area (TPSA) is 72.4 Å². The van der Waals surface area contributed by atoms with Crippen LogP contribution in [0.4, 0.5) is 0 Å². The van der Waals surface area contributed by atoms with E-state index in [-0.39, 0.29) is 28.5 Å². The summed E-state index contributed by atoms with van der Waals surface area (Å²) in [5, 5.41) is 7.34. The Morgan fingerprint density at radius 1 is 1.41 bits per heavy atom. The van der Waals surface area contributed by atoms with Gasteiger partial charge < -0.3 is 9.64 Å². The SMILES string of the molecule is CCOC(=O)CN(CC)C(=O)c1nnc(Cl)s1. The Labute approximate surface area is 108 Å². The molecule has 0 aliphatic carbocycles. The van der Waals surface area contributed by atoms with Crippen LogP contribution >= 0.6 is 22.9 Å². The van der Waals surface area contributed by atoms with E-state index in [0.29, 0.717) is 6.54 Å². The van der Waals surface area contributed by atoms with Crippen molar-refractivity contribution in [2.75, 3.05) is 19.7 Å². The van der Waals surface area contributed by atoms with Crippen molar-refractivity contribution in [2.24, 2.45) is 0 Å². The van der Waals surface area contributed by atoms with Crippen LogP contribution in [0.15, 0.2) is 0 Å². The Hall–Kier alpha value is -1.21. The van der Waals surface area contributed by atoms with E-state index >= 15 is 0 Å². The van der Waals surface area contributed by atoms with Gasteiger partial charge in [0.25, 0.3) is 5.91 Å². The number of esters is 1. The summed E-state index contributed by atoms with van der Waals surface area (Å²) in [6, 6.07) is 0. The molecule has 1 rings (SSSR count). The molecule has 0 saturated carbocycles. The molecule has 0 radical (unpaired) electrons. The lowest BCUT2D eigenvalue weighted by molar-refractivity contribution is -0.143. The first-order valence-corrected chi connectivity index (χ1v) is 6.21. The van der Waals surface area contributed by atoms with Crippen LogP contribution in [0.1, 0.15) is 23.6 Å². The van der Waals surface area contributed by atoms with Crippen molar-refractivity contribution in [1.82, 2.24) is 15.1 Å². The van der Waals surface area contributed by atoms with Crippen LogP contribution in [-0.2, 0) is 9.53 Å². The minimum absolute atomic E-state index is 0.0969. The molecule has 0 saturated heterocycles. The number of rotatable bonds is 5. The second-order valence-electron chi connectivity index (χ2n) is 2.98. The average Bonchev–Trinajstić information content (AvgIpc) is 2.72. The van der Waals surface area contributed by atoms with Crippen LogP contribution in [0.3, 0.4) is 0 Å². The van der Waals surface area contributed by atoms with E-state index in [1.165, 1.54) is 4.90 Å². The molecule has 94 valence electrons. The smallest absolute Gasteiger partial charge is 0.325 e. The van der Waals surface area contributed by atoms with Crippen LogP contribution in [0, 0.1) is 0 Å². The highest BCUT2D eigenvalue weighted by molar-refractivity contribution is 7.17. The van der Waals surface area contributed by atoms with Crippen LogP contribution in [-0.4, -0.2) is 46.7 Å². The highest BCUT2D eigenvalue weighted by Crippen LogP contribution is 2.16. The number of ether oxygens (including phenoxy) is 1. The number of hydrogen-bond acceptors (Lipinski definition) is 6. The van der Waals surface area contributed by atoms with Crippen molar-refractivity contribution in [2.45, 2.75) is 13.8 Å². The summed E-state index contributed by atoms with van der Waals surface area (Å²) >= 11 is 6.57. The summed E-state index contributed by atoms with van der Waals surface area (Å²) in [6.45, 7) is 4.05. The van der Waals surface area contributed by atoms with Crippen LogP contribution in [0.25, 0.3) is 0 Å². The Morgan fingerprint density at radius 2 is 2.12 bits per heavy atom. The third kappa shape index (κ3) is 3.94. The standard InChI is InChI=1S/C9H12ClN3O3S/c1-3-13(5-6(14)16-4-2)8(15)7-11-12-9(10)17-7/h3-5H2,1-2H3. The summed E-state index contributed by atoms with van der Waals surface area (Å²) in [6.07, 6.45) is 0. The minimum atomic E-state index is -0.446. The number of likely N-dealkylation sites (N-methyl/N-ethyl adjacent to an activating group) is 1. The maximum Gasteiger partial charge on any atom is 0.325 e. The molecule has 0 aliphatic rings. The Morgan fingerprint density at radius 3 is 2.59 bits per heavy atom. The van der Waals surface area contributed by atoms with Gasteiger partial charge in [-0.1, -0.05) is 11.3 Å². The van der Waals surface area contributed by atoms with Gasteiger partial charge >= 0.3 is 5.97 Å². The Bertz CT molecular complexity index is 410. The van der Waals surface area contributed by atoms with E-state index in [1.54, 1.807) is 13.8 Å². The molecule has 0 N–H and O–H groups in total. The van der Waals surface area contributed by atoms with E-state index < -0.39 is 5.97 Å². The summed E-state index contributed by atoms with van der Waals surface area (Å²) in [5.74, 6) is -0.816. The molecule has 6 nitrogen and oxygen atoms in total. The monoisotopic (exact) mass is 277 g/mol. The molecule has 1 aromatic heterocycles. The molecule has 8 heteroatoms. The van der Waals surface area contributed by atoms with Gasteiger partial charge in [0.1, 0.15) is 6.54 Å².